The Hall–Kier alpha value is -2.31. The van der Waals surface area contributed by atoms with E-state index in [0.717, 1.165) is 6.07 Å². The number of sulfone groups is 2. The van der Waals surface area contributed by atoms with Crippen LogP contribution in [-0.4, -0.2) is 56.2 Å². The summed E-state index contributed by atoms with van der Waals surface area (Å²) in [6.07, 6.45) is -0.0110. The van der Waals surface area contributed by atoms with Gasteiger partial charge in [-0.1, -0.05) is 6.07 Å². The van der Waals surface area contributed by atoms with Gasteiger partial charge in [-0.05, 0) is 36.8 Å². The van der Waals surface area contributed by atoms with Crippen molar-refractivity contribution >= 4 is 35.4 Å². The van der Waals surface area contributed by atoms with Gasteiger partial charge in [0.05, 0.1) is 46.5 Å². The molecule has 1 aliphatic heterocycles. The zero-order chi connectivity index (χ0) is 22.2. The Morgan fingerprint density at radius 2 is 1.67 bits per heavy atom. The molecule has 0 unspecified atom stereocenters. The SMILES string of the molecule is COc1ccc(NS(=O)(=O)c2cccc(S(=O)(=O)[C@@H]3CCS(=O)(=O)C3)c2)c(OC)c1. The lowest BCUT2D eigenvalue weighted by Crippen LogP contribution is -2.23. The summed E-state index contributed by atoms with van der Waals surface area (Å²) >= 11 is 0. The highest BCUT2D eigenvalue weighted by atomic mass is 32.2. The highest BCUT2D eigenvalue weighted by molar-refractivity contribution is 7.96. The predicted octanol–water partition coefficient (Wildman–Crippen LogP) is 1.47. The number of sulfonamides is 1. The van der Waals surface area contributed by atoms with Crippen molar-refractivity contribution in [2.24, 2.45) is 0 Å². The topological polar surface area (TPSA) is 133 Å². The van der Waals surface area contributed by atoms with Crippen molar-refractivity contribution in [2.75, 3.05) is 30.4 Å². The van der Waals surface area contributed by atoms with Crippen LogP contribution in [0.1, 0.15) is 6.42 Å². The van der Waals surface area contributed by atoms with E-state index in [0.29, 0.717) is 5.75 Å². The third-order valence-corrected chi connectivity index (χ3v) is 10.3. The minimum Gasteiger partial charge on any atom is -0.497 e. The number of anilines is 1. The first-order valence-electron chi connectivity index (χ1n) is 8.78. The van der Waals surface area contributed by atoms with Gasteiger partial charge in [0.1, 0.15) is 11.5 Å². The summed E-state index contributed by atoms with van der Waals surface area (Å²) in [4.78, 5) is -0.517. The molecule has 1 fully saturated rings. The molecule has 3 rings (SSSR count). The van der Waals surface area contributed by atoms with E-state index in [1.54, 1.807) is 6.07 Å². The van der Waals surface area contributed by atoms with Gasteiger partial charge >= 0.3 is 0 Å². The van der Waals surface area contributed by atoms with Crippen LogP contribution in [0.15, 0.2) is 52.3 Å². The molecule has 0 saturated carbocycles. The standard InChI is InChI=1S/C18H21NO8S3/c1-26-13-6-7-17(18(10-13)27-2)19-30(24,25)15-5-3-4-14(11-15)29(22,23)16-8-9-28(20,21)12-16/h3-7,10-11,16,19H,8-9,12H2,1-2H3/t16-/m1/s1. The third-order valence-electron chi connectivity index (χ3n) is 4.73. The molecule has 1 atom stereocenters. The molecule has 164 valence electrons. The molecular formula is C18H21NO8S3. The van der Waals surface area contributed by atoms with Crippen LogP contribution in [0.2, 0.25) is 0 Å². The second-order valence-corrected chi connectivity index (χ2v) is 12.9. The van der Waals surface area contributed by atoms with Crippen molar-refractivity contribution in [1.29, 1.82) is 0 Å². The molecule has 0 amide bonds. The van der Waals surface area contributed by atoms with Crippen LogP contribution in [0, 0.1) is 0 Å². The molecule has 0 radical (unpaired) electrons. The number of rotatable bonds is 7. The molecule has 2 aromatic rings. The fraction of sp³-hybridized carbons (Fsp3) is 0.333. The maximum atomic E-state index is 12.8. The van der Waals surface area contributed by atoms with Crippen LogP contribution in [-0.2, 0) is 29.7 Å². The number of ether oxygens (including phenoxy) is 2. The summed E-state index contributed by atoms with van der Waals surface area (Å²) in [7, 11) is -8.73. The molecule has 2 aromatic carbocycles. The van der Waals surface area contributed by atoms with Crippen LogP contribution in [0.4, 0.5) is 5.69 Å². The van der Waals surface area contributed by atoms with Gasteiger partial charge in [-0.15, -0.1) is 0 Å². The Morgan fingerprint density at radius 3 is 2.27 bits per heavy atom. The molecule has 1 heterocycles. The molecule has 30 heavy (non-hydrogen) atoms. The zero-order valence-corrected chi connectivity index (χ0v) is 18.7. The number of hydrogen-bond donors (Lipinski definition) is 1. The molecule has 1 aliphatic rings. The Morgan fingerprint density at radius 1 is 0.967 bits per heavy atom. The van der Waals surface area contributed by atoms with Gasteiger partial charge in [0.25, 0.3) is 10.0 Å². The summed E-state index contributed by atoms with van der Waals surface area (Å²) in [6, 6.07) is 9.34. The highest BCUT2D eigenvalue weighted by Crippen LogP contribution is 2.32. The van der Waals surface area contributed by atoms with Crippen LogP contribution >= 0.6 is 0 Å². The van der Waals surface area contributed by atoms with E-state index < -0.39 is 40.7 Å². The largest absolute Gasteiger partial charge is 0.497 e. The van der Waals surface area contributed by atoms with Crippen molar-refractivity contribution in [3.63, 3.8) is 0 Å². The van der Waals surface area contributed by atoms with Gasteiger partial charge in [-0.3, -0.25) is 4.72 Å². The minimum absolute atomic E-state index is 0.0110. The van der Waals surface area contributed by atoms with Gasteiger partial charge < -0.3 is 9.47 Å². The van der Waals surface area contributed by atoms with Crippen molar-refractivity contribution in [3.05, 3.63) is 42.5 Å². The van der Waals surface area contributed by atoms with Crippen molar-refractivity contribution in [1.82, 2.24) is 0 Å². The third kappa shape index (κ3) is 4.55. The van der Waals surface area contributed by atoms with Gasteiger partial charge in [-0.25, -0.2) is 25.3 Å². The van der Waals surface area contributed by atoms with E-state index in [4.69, 9.17) is 9.47 Å². The van der Waals surface area contributed by atoms with Crippen molar-refractivity contribution < 1.29 is 34.7 Å². The molecule has 1 N–H and O–H groups in total. The molecule has 12 heteroatoms. The van der Waals surface area contributed by atoms with Gasteiger partial charge in [0.15, 0.2) is 19.7 Å². The monoisotopic (exact) mass is 475 g/mol. The van der Waals surface area contributed by atoms with Crippen LogP contribution in [0.5, 0.6) is 11.5 Å². The van der Waals surface area contributed by atoms with Crippen LogP contribution in [0.25, 0.3) is 0 Å². The number of methoxy groups -OCH3 is 2. The maximum absolute atomic E-state index is 12.8. The number of benzene rings is 2. The quantitative estimate of drug-likeness (QED) is 0.636. The lowest BCUT2D eigenvalue weighted by atomic mass is 10.3. The molecule has 1 saturated heterocycles. The number of hydrogen-bond acceptors (Lipinski definition) is 8. The van der Waals surface area contributed by atoms with Gasteiger partial charge in [0, 0.05) is 6.07 Å². The highest BCUT2D eigenvalue weighted by Gasteiger charge is 2.38. The predicted molar refractivity (Wildman–Crippen MR) is 111 cm³/mol. The summed E-state index contributed by atoms with van der Waals surface area (Å²) in [5.74, 6) is 0.0219. The Kier molecular flexibility index (Phi) is 6.03. The van der Waals surface area contributed by atoms with E-state index in [1.807, 2.05) is 0 Å². The first-order chi connectivity index (χ1) is 14.0. The van der Waals surface area contributed by atoms with E-state index in [-0.39, 0.29) is 33.4 Å². The molecule has 0 spiro atoms. The van der Waals surface area contributed by atoms with Gasteiger partial charge in [0.2, 0.25) is 0 Å². The molecule has 0 aliphatic carbocycles. The summed E-state index contributed by atoms with van der Waals surface area (Å²) in [5.41, 5.74) is 0.147. The van der Waals surface area contributed by atoms with Crippen molar-refractivity contribution in [3.8, 4) is 11.5 Å². The van der Waals surface area contributed by atoms with Crippen molar-refractivity contribution in [2.45, 2.75) is 21.5 Å². The van der Waals surface area contributed by atoms with E-state index in [9.17, 15) is 25.3 Å². The first-order valence-corrected chi connectivity index (χ1v) is 13.6. The summed E-state index contributed by atoms with van der Waals surface area (Å²) in [5, 5.41) is -1.09. The average molecular weight is 476 g/mol. The van der Waals surface area contributed by atoms with Crippen LogP contribution in [0.3, 0.4) is 0 Å². The number of nitrogens with one attached hydrogen (secondary N) is 1. The Bertz CT molecular complexity index is 1270. The summed E-state index contributed by atoms with van der Waals surface area (Å²) in [6.45, 7) is 0. The normalized spacial score (nSPS) is 18.7. The smallest absolute Gasteiger partial charge is 0.262 e. The Labute approximate surface area is 175 Å². The fourth-order valence-corrected chi connectivity index (χ4v) is 8.70. The molecule has 0 aromatic heterocycles. The first kappa shape index (κ1) is 22.4. The fourth-order valence-electron chi connectivity index (χ4n) is 3.10. The van der Waals surface area contributed by atoms with Crippen LogP contribution < -0.4 is 14.2 Å². The molecule has 0 bridgehead atoms. The Balaban J connectivity index is 1.93. The maximum Gasteiger partial charge on any atom is 0.262 e. The molecular weight excluding hydrogens is 454 g/mol. The lowest BCUT2D eigenvalue weighted by Gasteiger charge is -2.14. The van der Waals surface area contributed by atoms with E-state index in [1.165, 1.54) is 44.6 Å². The average Bonchev–Trinajstić information content (AvgIpc) is 3.08. The molecule has 9 nitrogen and oxygen atoms in total. The summed E-state index contributed by atoms with van der Waals surface area (Å²) < 4.78 is 87.3. The lowest BCUT2D eigenvalue weighted by molar-refractivity contribution is 0.395. The zero-order valence-electron chi connectivity index (χ0n) is 16.2. The second kappa shape index (κ2) is 8.08. The minimum atomic E-state index is -4.15. The van der Waals surface area contributed by atoms with E-state index in [2.05, 4.69) is 4.72 Å². The van der Waals surface area contributed by atoms with Gasteiger partial charge in [-0.2, -0.15) is 0 Å². The second-order valence-electron chi connectivity index (χ2n) is 6.72. The van der Waals surface area contributed by atoms with E-state index >= 15 is 0 Å².